The summed E-state index contributed by atoms with van der Waals surface area (Å²) in [6, 6.07) is 7.38. The average molecular weight is 505 g/mol. The number of methoxy groups -OCH3 is 1. The van der Waals surface area contributed by atoms with Crippen LogP contribution in [0, 0.1) is 0 Å². The minimum absolute atomic E-state index is 0.0321. The number of likely N-dealkylation sites (tertiary alicyclic amines) is 2. The molecule has 34 heavy (non-hydrogen) atoms. The molecule has 8 nitrogen and oxygen atoms in total. The van der Waals surface area contributed by atoms with Crippen LogP contribution in [-0.2, 0) is 14.3 Å². The van der Waals surface area contributed by atoms with Crippen LogP contribution in [0.3, 0.4) is 0 Å². The Morgan fingerprint density at radius 3 is 2.59 bits per heavy atom. The first-order valence-corrected chi connectivity index (χ1v) is 12.2. The molecule has 1 N–H and O–H groups in total. The van der Waals surface area contributed by atoms with Crippen molar-refractivity contribution in [2.24, 2.45) is 0 Å². The molecule has 3 heterocycles. The zero-order valence-electron chi connectivity index (χ0n) is 18.8. The van der Waals surface area contributed by atoms with E-state index >= 15 is 0 Å². The van der Waals surface area contributed by atoms with Crippen molar-refractivity contribution in [3.63, 3.8) is 0 Å². The first-order valence-electron chi connectivity index (χ1n) is 11.0. The second-order valence-corrected chi connectivity index (χ2v) is 9.37. The highest BCUT2D eigenvalue weighted by molar-refractivity contribution is 7.10. The molecule has 2 fully saturated rings. The first-order chi connectivity index (χ1) is 16.4. The van der Waals surface area contributed by atoms with Gasteiger partial charge in [0.25, 0.3) is 11.7 Å². The highest BCUT2D eigenvalue weighted by Gasteiger charge is 2.49. The molecule has 1 atom stereocenters. The summed E-state index contributed by atoms with van der Waals surface area (Å²) in [5, 5.41) is 13.4. The molecule has 2 aliphatic heterocycles. The number of piperidine rings is 1. The number of hydrogen-bond donors (Lipinski definition) is 1. The summed E-state index contributed by atoms with van der Waals surface area (Å²) in [6.45, 7) is 2.87. The number of rotatable bonds is 5. The van der Waals surface area contributed by atoms with Gasteiger partial charge in [-0.3, -0.25) is 9.59 Å². The first kappa shape index (κ1) is 24.1. The third-order valence-corrected chi connectivity index (χ3v) is 7.34. The molecule has 2 aromatic rings. The van der Waals surface area contributed by atoms with Crippen LogP contribution in [0.15, 0.2) is 41.3 Å². The Morgan fingerprint density at radius 2 is 1.97 bits per heavy atom. The number of carbonyl (C=O) groups is 3. The summed E-state index contributed by atoms with van der Waals surface area (Å²) in [5.74, 6) is -1.33. The Kier molecular flexibility index (Phi) is 7.13. The second-order valence-electron chi connectivity index (χ2n) is 7.99. The molecule has 0 radical (unpaired) electrons. The molecule has 4 rings (SSSR count). The Hall–Kier alpha value is -3.04. The quantitative estimate of drug-likeness (QED) is 0.367. The maximum Gasteiger partial charge on any atom is 0.409 e. The van der Waals surface area contributed by atoms with Crippen LogP contribution >= 0.6 is 22.9 Å². The third-order valence-electron chi connectivity index (χ3n) is 6.10. The molecule has 0 bridgehead atoms. The number of hydrogen-bond acceptors (Lipinski definition) is 7. The Bertz CT molecular complexity index is 1120. The van der Waals surface area contributed by atoms with Gasteiger partial charge >= 0.3 is 6.09 Å². The van der Waals surface area contributed by atoms with Gasteiger partial charge in [0.2, 0.25) is 0 Å². The van der Waals surface area contributed by atoms with Crippen LogP contribution in [0.1, 0.15) is 36.2 Å². The fourth-order valence-corrected chi connectivity index (χ4v) is 5.48. The molecular weight excluding hydrogens is 480 g/mol. The molecule has 0 saturated carbocycles. The summed E-state index contributed by atoms with van der Waals surface area (Å²) in [4.78, 5) is 42.5. The van der Waals surface area contributed by atoms with Crippen molar-refractivity contribution in [1.29, 1.82) is 0 Å². The monoisotopic (exact) mass is 504 g/mol. The SMILES string of the molecule is CCOC(=O)N1CCC(N2C(=O)C(=O)/C(=C(\O)c3ccc(Cl)c(OC)c3)C2c2cccs2)CC1. The van der Waals surface area contributed by atoms with Crippen LogP contribution in [0.25, 0.3) is 5.76 Å². The van der Waals surface area contributed by atoms with Crippen LogP contribution in [-0.4, -0.2) is 65.5 Å². The number of thiophene rings is 1. The maximum absolute atomic E-state index is 13.2. The third kappa shape index (κ3) is 4.37. The van der Waals surface area contributed by atoms with E-state index < -0.39 is 17.7 Å². The topological polar surface area (TPSA) is 96.4 Å². The van der Waals surface area contributed by atoms with Gasteiger partial charge in [-0.15, -0.1) is 11.3 Å². The molecular formula is C24H25ClN2O6S. The lowest BCUT2D eigenvalue weighted by atomic mass is 9.97. The van der Waals surface area contributed by atoms with E-state index in [4.69, 9.17) is 21.1 Å². The van der Waals surface area contributed by atoms with Crippen molar-refractivity contribution in [2.45, 2.75) is 31.8 Å². The highest BCUT2D eigenvalue weighted by atomic mass is 35.5. The standard InChI is InChI=1S/C24H25ClN2O6S/c1-3-33-24(31)26-10-8-15(9-11-26)27-20(18-5-4-12-34-18)19(22(29)23(27)30)21(28)14-6-7-16(25)17(13-14)32-2/h4-7,12-13,15,20,28H,3,8-11H2,1-2H3/b21-19-. The van der Waals surface area contributed by atoms with Gasteiger partial charge in [-0.25, -0.2) is 4.79 Å². The van der Waals surface area contributed by atoms with E-state index in [1.807, 2.05) is 17.5 Å². The zero-order chi connectivity index (χ0) is 24.4. The largest absolute Gasteiger partial charge is 0.507 e. The molecule has 0 spiro atoms. The summed E-state index contributed by atoms with van der Waals surface area (Å²) < 4.78 is 10.3. The molecule has 180 valence electrons. The predicted molar refractivity (Wildman–Crippen MR) is 128 cm³/mol. The number of halogens is 1. The van der Waals surface area contributed by atoms with E-state index in [9.17, 15) is 19.5 Å². The van der Waals surface area contributed by atoms with E-state index in [1.165, 1.54) is 24.5 Å². The molecule has 1 aromatic carbocycles. The molecule has 10 heteroatoms. The van der Waals surface area contributed by atoms with Crippen molar-refractivity contribution in [3.8, 4) is 5.75 Å². The minimum atomic E-state index is -0.738. The van der Waals surface area contributed by atoms with E-state index in [0.717, 1.165) is 4.88 Å². The predicted octanol–water partition coefficient (Wildman–Crippen LogP) is 4.45. The number of aliphatic hydroxyl groups is 1. The second kappa shape index (κ2) is 10.1. The summed E-state index contributed by atoms with van der Waals surface area (Å²) in [6.07, 6.45) is 0.625. The van der Waals surface area contributed by atoms with Gasteiger partial charge in [0, 0.05) is 29.6 Å². The number of ether oxygens (including phenoxy) is 2. The molecule has 2 aliphatic rings. The van der Waals surface area contributed by atoms with Crippen molar-refractivity contribution < 1.29 is 29.0 Å². The van der Waals surface area contributed by atoms with Gasteiger partial charge in [0.1, 0.15) is 11.5 Å². The Labute approximate surface area is 206 Å². The van der Waals surface area contributed by atoms with Crippen LogP contribution in [0.5, 0.6) is 5.75 Å². The van der Waals surface area contributed by atoms with Gasteiger partial charge in [-0.05, 0) is 49.4 Å². The number of carbonyl (C=O) groups excluding carboxylic acids is 3. The lowest BCUT2D eigenvalue weighted by Gasteiger charge is -2.38. The van der Waals surface area contributed by atoms with Crippen LogP contribution < -0.4 is 4.74 Å². The number of benzene rings is 1. The van der Waals surface area contributed by atoms with Gasteiger partial charge < -0.3 is 24.4 Å². The average Bonchev–Trinajstić information content (AvgIpc) is 3.46. The van der Waals surface area contributed by atoms with Gasteiger partial charge in [0.05, 0.1) is 30.4 Å². The summed E-state index contributed by atoms with van der Waals surface area (Å²) >= 11 is 7.52. The zero-order valence-corrected chi connectivity index (χ0v) is 20.4. The van der Waals surface area contributed by atoms with Gasteiger partial charge in [0.15, 0.2) is 0 Å². The summed E-state index contributed by atoms with van der Waals surface area (Å²) in [7, 11) is 1.46. The number of nitrogens with zero attached hydrogens (tertiary/aromatic N) is 2. The van der Waals surface area contributed by atoms with E-state index in [2.05, 4.69) is 0 Å². The van der Waals surface area contributed by atoms with Gasteiger partial charge in [-0.2, -0.15) is 0 Å². The Morgan fingerprint density at radius 1 is 1.24 bits per heavy atom. The van der Waals surface area contributed by atoms with Crippen LogP contribution in [0.4, 0.5) is 4.79 Å². The van der Waals surface area contributed by atoms with E-state index in [0.29, 0.717) is 48.9 Å². The molecule has 2 saturated heterocycles. The van der Waals surface area contributed by atoms with Crippen molar-refractivity contribution >= 4 is 46.5 Å². The fraction of sp³-hybridized carbons (Fsp3) is 0.375. The fourth-order valence-electron chi connectivity index (χ4n) is 4.46. The van der Waals surface area contributed by atoms with Crippen molar-refractivity contribution in [1.82, 2.24) is 9.80 Å². The normalized spacial score (nSPS) is 20.6. The smallest absolute Gasteiger partial charge is 0.409 e. The van der Waals surface area contributed by atoms with Crippen molar-refractivity contribution in [2.75, 3.05) is 26.8 Å². The minimum Gasteiger partial charge on any atom is -0.507 e. The van der Waals surface area contributed by atoms with Crippen molar-refractivity contribution in [3.05, 3.63) is 56.7 Å². The van der Waals surface area contributed by atoms with Crippen LogP contribution in [0.2, 0.25) is 5.02 Å². The van der Waals surface area contributed by atoms with E-state index in [-0.39, 0.29) is 23.5 Å². The Balaban J connectivity index is 1.71. The van der Waals surface area contributed by atoms with E-state index in [1.54, 1.807) is 28.9 Å². The highest BCUT2D eigenvalue weighted by Crippen LogP contribution is 2.44. The summed E-state index contributed by atoms with van der Waals surface area (Å²) in [5.41, 5.74) is 0.364. The number of ketones is 1. The maximum atomic E-state index is 13.2. The molecule has 1 aromatic heterocycles. The number of Topliss-reactive ketones (excluding diaryl/α,β-unsaturated/α-hetero) is 1. The lowest BCUT2D eigenvalue weighted by molar-refractivity contribution is -0.142. The molecule has 0 aliphatic carbocycles. The molecule has 1 unspecified atom stereocenters. The van der Waals surface area contributed by atoms with Gasteiger partial charge in [-0.1, -0.05) is 17.7 Å². The molecule has 2 amide bonds. The number of aliphatic hydroxyl groups excluding tert-OH is 1. The number of amides is 2. The lowest BCUT2D eigenvalue weighted by Crippen LogP contribution is -2.48.